The molecule has 0 atom stereocenters. The van der Waals surface area contributed by atoms with Gasteiger partial charge in [-0.1, -0.05) is 0 Å². The summed E-state index contributed by atoms with van der Waals surface area (Å²) in [7, 11) is -5.12. The van der Waals surface area contributed by atoms with Crippen molar-refractivity contribution in [3.63, 3.8) is 0 Å². The summed E-state index contributed by atoms with van der Waals surface area (Å²) in [4.78, 5) is 12.5. The fourth-order valence-corrected chi connectivity index (χ4v) is 3.22. The Hall–Kier alpha value is -3.49. The standard InChI is InChI=1S/C19H12F7NO6S/c1-27-17(28)15-11-6-14(33-34(29,30)19(24,25)26)13(31-8-18(21,22)23)7-12(11)32-16(15)9-2-4-10(20)5-3-9/h2-7H,8H2,1H3,(H,27,28). The van der Waals surface area contributed by atoms with E-state index < -0.39 is 51.6 Å². The van der Waals surface area contributed by atoms with E-state index in [1.54, 1.807) is 0 Å². The molecule has 1 aromatic heterocycles. The van der Waals surface area contributed by atoms with Crippen LogP contribution in [0.1, 0.15) is 10.4 Å². The van der Waals surface area contributed by atoms with Crippen molar-refractivity contribution < 1.29 is 57.3 Å². The fourth-order valence-electron chi connectivity index (χ4n) is 2.76. The van der Waals surface area contributed by atoms with Gasteiger partial charge in [-0.3, -0.25) is 4.79 Å². The molecule has 2 aromatic carbocycles. The van der Waals surface area contributed by atoms with E-state index in [4.69, 9.17) is 4.42 Å². The van der Waals surface area contributed by atoms with Gasteiger partial charge in [-0.25, -0.2) is 4.39 Å². The van der Waals surface area contributed by atoms with Crippen molar-refractivity contribution in [3.05, 3.63) is 47.8 Å². The second kappa shape index (κ2) is 8.70. The maximum absolute atomic E-state index is 13.3. The van der Waals surface area contributed by atoms with Gasteiger partial charge in [0.1, 0.15) is 17.2 Å². The number of benzene rings is 2. The van der Waals surface area contributed by atoms with E-state index in [9.17, 15) is 43.9 Å². The molecule has 0 aliphatic rings. The minimum Gasteiger partial charge on any atom is -0.480 e. The van der Waals surface area contributed by atoms with Gasteiger partial charge in [0.05, 0.1) is 5.56 Å². The van der Waals surface area contributed by atoms with Crippen molar-refractivity contribution in [1.29, 1.82) is 0 Å². The van der Waals surface area contributed by atoms with Gasteiger partial charge in [-0.2, -0.15) is 34.8 Å². The molecule has 0 aliphatic carbocycles. The monoisotopic (exact) mass is 515 g/mol. The molecule has 3 aromatic rings. The number of ether oxygens (including phenoxy) is 1. The molecule has 0 bridgehead atoms. The second-order valence-corrected chi connectivity index (χ2v) is 8.11. The molecule has 15 heteroatoms. The highest BCUT2D eigenvalue weighted by Gasteiger charge is 2.49. The highest BCUT2D eigenvalue weighted by atomic mass is 32.2. The zero-order valence-electron chi connectivity index (χ0n) is 16.7. The van der Waals surface area contributed by atoms with E-state index in [1.165, 1.54) is 19.2 Å². The lowest BCUT2D eigenvalue weighted by atomic mass is 10.0. The number of furan rings is 1. The van der Waals surface area contributed by atoms with Crippen molar-refractivity contribution in [1.82, 2.24) is 5.32 Å². The quantitative estimate of drug-likeness (QED) is 0.289. The van der Waals surface area contributed by atoms with Gasteiger partial charge >= 0.3 is 21.8 Å². The number of fused-ring (bicyclic) bond motifs is 1. The molecule has 0 saturated heterocycles. The summed E-state index contributed by atoms with van der Waals surface area (Å²) in [6.07, 6.45) is -4.94. The van der Waals surface area contributed by atoms with Crippen LogP contribution in [0, 0.1) is 5.82 Å². The average molecular weight is 515 g/mol. The van der Waals surface area contributed by atoms with Crippen molar-refractivity contribution in [2.45, 2.75) is 11.7 Å². The van der Waals surface area contributed by atoms with Gasteiger partial charge in [0.15, 0.2) is 18.1 Å². The van der Waals surface area contributed by atoms with Gasteiger partial charge < -0.3 is 18.7 Å². The van der Waals surface area contributed by atoms with Crippen LogP contribution >= 0.6 is 0 Å². The molecule has 0 spiro atoms. The maximum Gasteiger partial charge on any atom is 0.534 e. The summed E-state index contributed by atoms with van der Waals surface area (Å²) in [5.41, 5.74) is -6.48. The normalized spacial score (nSPS) is 12.6. The number of hydrogen-bond acceptors (Lipinski definition) is 6. The van der Waals surface area contributed by atoms with Gasteiger partial charge in [0, 0.05) is 24.1 Å². The number of halogens is 7. The summed E-state index contributed by atoms with van der Waals surface area (Å²) in [6.45, 7) is -2.01. The number of alkyl halides is 6. The fraction of sp³-hybridized carbons (Fsp3) is 0.211. The van der Waals surface area contributed by atoms with Crippen molar-refractivity contribution in [2.24, 2.45) is 0 Å². The first-order valence-corrected chi connectivity index (χ1v) is 10.3. The Morgan fingerprint density at radius 2 is 1.65 bits per heavy atom. The van der Waals surface area contributed by atoms with E-state index >= 15 is 0 Å². The Balaban J connectivity index is 2.27. The van der Waals surface area contributed by atoms with Crippen LogP contribution in [0.3, 0.4) is 0 Å². The Labute approximate surface area is 186 Å². The molecule has 0 saturated carbocycles. The number of carbonyl (C=O) groups is 1. The van der Waals surface area contributed by atoms with Crippen LogP contribution in [0.25, 0.3) is 22.3 Å². The first kappa shape index (κ1) is 25.1. The minimum absolute atomic E-state index is 0.124. The van der Waals surface area contributed by atoms with E-state index in [2.05, 4.69) is 14.2 Å². The highest BCUT2D eigenvalue weighted by Crippen LogP contribution is 2.42. The lowest BCUT2D eigenvalue weighted by Gasteiger charge is -2.15. The number of amides is 1. The van der Waals surface area contributed by atoms with Crippen molar-refractivity contribution in [2.75, 3.05) is 13.7 Å². The van der Waals surface area contributed by atoms with Crippen LogP contribution in [0.15, 0.2) is 40.8 Å². The van der Waals surface area contributed by atoms with Gasteiger partial charge in [-0.15, -0.1) is 0 Å². The minimum atomic E-state index is -6.32. The third kappa shape index (κ3) is 5.18. The molecule has 1 N–H and O–H groups in total. The first-order valence-electron chi connectivity index (χ1n) is 8.92. The first-order chi connectivity index (χ1) is 15.6. The Morgan fingerprint density at radius 3 is 2.18 bits per heavy atom. The number of rotatable bonds is 6. The SMILES string of the molecule is CNC(=O)c1c(-c2ccc(F)cc2)oc2cc(OCC(F)(F)F)c(OS(=O)(=O)C(F)(F)F)cc12. The molecule has 0 radical (unpaired) electrons. The molecule has 1 heterocycles. The Morgan fingerprint density at radius 1 is 1.03 bits per heavy atom. The second-order valence-electron chi connectivity index (χ2n) is 6.57. The van der Waals surface area contributed by atoms with Crippen LogP contribution in [0.4, 0.5) is 30.7 Å². The van der Waals surface area contributed by atoms with Gasteiger partial charge in [0.25, 0.3) is 5.91 Å². The molecular weight excluding hydrogens is 503 g/mol. The van der Waals surface area contributed by atoms with Crippen LogP contribution in [-0.4, -0.2) is 39.7 Å². The number of hydrogen-bond donors (Lipinski definition) is 1. The maximum atomic E-state index is 13.3. The molecule has 34 heavy (non-hydrogen) atoms. The average Bonchev–Trinajstić information content (AvgIpc) is 3.08. The molecule has 0 aliphatic heterocycles. The molecule has 0 unspecified atom stereocenters. The highest BCUT2D eigenvalue weighted by molar-refractivity contribution is 7.88. The van der Waals surface area contributed by atoms with Crippen molar-refractivity contribution >= 4 is 27.0 Å². The topological polar surface area (TPSA) is 94.8 Å². The molecular formula is C19H12F7NO6S. The molecule has 1 amide bonds. The third-order valence-electron chi connectivity index (χ3n) is 4.19. The van der Waals surface area contributed by atoms with Gasteiger partial charge in [0.2, 0.25) is 0 Å². The largest absolute Gasteiger partial charge is 0.534 e. The van der Waals surface area contributed by atoms with E-state index in [-0.39, 0.29) is 27.9 Å². The van der Waals surface area contributed by atoms with Crippen LogP contribution in [0.2, 0.25) is 0 Å². The zero-order chi connectivity index (χ0) is 25.5. The summed E-state index contributed by atoms with van der Waals surface area (Å²) >= 11 is 0. The molecule has 7 nitrogen and oxygen atoms in total. The van der Waals surface area contributed by atoms with Crippen LogP contribution < -0.4 is 14.2 Å². The lowest BCUT2D eigenvalue weighted by Crippen LogP contribution is -2.28. The number of carbonyl (C=O) groups excluding carboxylic acids is 1. The lowest BCUT2D eigenvalue weighted by molar-refractivity contribution is -0.153. The van der Waals surface area contributed by atoms with E-state index in [0.717, 1.165) is 12.1 Å². The summed E-state index contributed by atoms with van der Waals surface area (Å²) in [6, 6.07) is 5.63. The smallest absolute Gasteiger partial charge is 0.480 e. The predicted octanol–water partition coefficient (Wildman–Crippen LogP) is 4.77. The summed E-state index contributed by atoms with van der Waals surface area (Å²) < 4.78 is 126. The molecule has 184 valence electrons. The molecule has 3 rings (SSSR count). The summed E-state index contributed by atoms with van der Waals surface area (Å²) in [5.74, 6) is -4.05. The van der Waals surface area contributed by atoms with Crippen LogP contribution in [0.5, 0.6) is 11.5 Å². The zero-order valence-corrected chi connectivity index (χ0v) is 17.5. The number of nitrogens with one attached hydrogen (secondary N) is 1. The van der Waals surface area contributed by atoms with Gasteiger partial charge in [-0.05, 0) is 30.3 Å². The van der Waals surface area contributed by atoms with E-state index in [1.807, 2.05) is 0 Å². The predicted molar refractivity (Wildman–Crippen MR) is 102 cm³/mol. The molecule has 0 fully saturated rings. The van der Waals surface area contributed by atoms with Crippen LogP contribution in [-0.2, 0) is 10.1 Å². The summed E-state index contributed by atoms with van der Waals surface area (Å²) in [5, 5.41) is 1.93. The van der Waals surface area contributed by atoms with Crippen molar-refractivity contribution in [3.8, 4) is 22.8 Å². The van der Waals surface area contributed by atoms with E-state index in [0.29, 0.717) is 12.1 Å². The third-order valence-corrected chi connectivity index (χ3v) is 5.16. The Kier molecular flexibility index (Phi) is 6.43. The Bertz CT molecular complexity index is 1330.